The minimum Gasteiger partial charge on any atom is -0.497 e. The maximum absolute atomic E-state index is 13.9. The van der Waals surface area contributed by atoms with Crippen LogP contribution in [-0.2, 0) is 11.3 Å². The van der Waals surface area contributed by atoms with Crippen LogP contribution in [0.4, 0.5) is 4.39 Å². The van der Waals surface area contributed by atoms with Crippen molar-refractivity contribution in [1.29, 1.82) is 0 Å². The van der Waals surface area contributed by atoms with Gasteiger partial charge in [-0.15, -0.1) is 0 Å². The predicted molar refractivity (Wildman–Crippen MR) is 88.4 cm³/mol. The molecular weight excluding hydrogens is 343 g/mol. The van der Waals surface area contributed by atoms with Crippen molar-refractivity contribution < 1.29 is 27.9 Å². The molecule has 26 heavy (non-hydrogen) atoms. The van der Waals surface area contributed by atoms with Gasteiger partial charge in [-0.1, -0.05) is 17.3 Å². The van der Waals surface area contributed by atoms with Gasteiger partial charge in [0.1, 0.15) is 17.3 Å². The molecular formula is C18H15FN2O5. The number of methoxy groups -OCH3 is 2. The zero-order chi connectivity index (χ0) is 18.5. The van der Waals surface area contributed by atoms with Crippen molar-refractivity contribution >= 4 is 5.97 Å². The first kappa shape index (κ1) is 17.4. The molecule has 134 valence electrons. The third kappa shape index (κ3) is 3.80. The Balaban J connectivity index is 1.67. The van der Waals surface area contributed by atoms with Crippen molar-refractivity contribution in [1.82, 2.24) is 10.1 Å². The largest absolute Gasteiger partial charge is 0.497 e. The van der Waals surface area contributed by atoms with Crippen molar-refractivity contribution in [2.45, 2.75) is 6.61 Å². The number of hydrogen-bond acceptors (Lipinski definition) is 7. The molecule has 0 aliphatic rings. The fourth-order valence-corrected chi connectivity index (χ4v) is 2.19. The molecule has 0 saturated carbocycles. The molecule has 0 aliphatic heterocycles. The number of benzene rings is 2. The number of rotatable bonds is 6. The number of nitrogens with zero attached hydrogens (tertiary/aromatic N) is 2. The van der Waals surface area contributed by atoms with E-state index in [0.29, 0.717) is 22.9 Å². The smallest absolute Gasteiger partial charge is 0.341 e. The minimum atomic E-state index is -0.841. The Morgan fingerprint density at radius 1 is 1.12 bits per heavy atom. The second kappa shape index (κ2) is 7.64. The van der Waals surface area contributed by atoms with E-state index >= 15 is 0 Å². The number of carbonyl (C=O) groups excluding carboxylic acids is 1. The zero-order valence-electron chi connectivity index (χ0n) is 14.1. The number of esters is 1. The average Bonchev–Trinajstić information content (AvgIpc) is 3.15. The summed E-state index contributed by atoms with van der Waals surface area (Å²) in [5.74, 6) is -0.215. The van der Waals surface area contributed by atoms with Crippen LogP contribution in [0.25, 0.3) is 11.4 Å². The first-order chi connectivity index (χ1) is 12.6. The maximum Gasteiger partial charge on any atom is 0.341 e. The molecule has 0 unspecified atom stereocenters. The van der Waals surface area contributed by atoms with Crippen molar-refractivity contribution in [2.24, 2.45) is 0 Å². The van der Waals surface area contributed by atoms with Crippen molar-refractivity contribution in [3.8, 4) is 22.9 Å². The molecule has 0 saturated heterocycles. The molecule has 7 nitrogen and oxygen atoms in total. The molecule has 0 N–H and O–H groups in total. The van der Waals surface area contributed by atoms with Gasteiger partial charge in [0, 0.05) is 11.6 Å². The molecule has 3 rings (SSSR count). The summed E-state index contributed by atoms with van der Waals surface area (Å²) in [6.45, 7) is -0.277. The number of carbonyl (C=O) groups is 1. The number of halogens is 1. The second-order valence-corrected chi connectivity index (χ2v) is 5.17. The summed E-state index contributed by atoms with van der Waals surface area (Å²) in [4.78, 5) is 16.1. The van der Waals surface area contributed by atoms with Gasteiger partial charge in [0.05, 0.1) is 19.8 Å². The lowest BCUT2D eigenvalue weighted by molar-refractivity contribution is 0.0424. The van der Waals surface area contributed by atoms with Gasteiger partial charge in [-0.05, 0) is 24.3 Å². The van der Waals surface area contributed by atoms with Gasteiger partial charge in [0.2, 0.25) is 5.82 Å². The van der Waals surface area contributed by atoms with E-state index in [4.69, 9.17) is 18.7 Å². The van der Waals surface area contributed by atoms with Gasteiger partial charge < -0.3 is 18.7 Å². The van der Waals surface area contributed by atoms with Crippen LogP contribution in [-0.4, -0.2) is 30.3 Å². The summed E-state index contributed by atoms with van der Waals surface area (Å²) in [5.41, 5.74) is 0.477. The zero-order valence-corrected chi connectivity index (χ0v) is 14.1. The number of aromatic nitrogens is 2. The van der Waals surface area contributed by atoms with Crippen LogP contribution in [0, 0.1) is 5.82 Å². The maximum atomic E-state index is 13.9. The SMILES string of the molecule is COc1cccc(-c2noc(COC(=O)c3ccc(OC)cc3F)n2)c1. The molecule has 3 aromatic rings. The van der Waals surface area contributed by atoms with E-state index in [9.17, 15) is 9.18 Å². The third-order valence-electron chi connectivity index (χ3n) is 3.52. The Morgan fingerprint density at radius 3 is 2.62 bits per heavy atom. The molecule has 0 amide bonds. The Kier molecular flexibility index (Phi) is 5.12. The van der Waals surface area contributed by atoms with Crippen LogP contribution in [0.3, 0.4) is 0 Å². The first-order valence-electron chi connectivity index (χ1n) is 7.58. The molecule has 1 aromatic heterocycles. The summed E-state index contributed by atoms with van der Waals surface area (Å²) in [7, 11) is 2.96. The molecule has 0 aliphatic carbocycles. The molecule has 0 bridgehead atoms. The summed E-state index contributed by atoms with van der Waals surface area (Å²) in [6, 6.07) is 11.0. The molecule has 8 heteroatoms. The van der Waals surface area contributed by atoms with Gasteiger partial charge in [-0.2, -0.15) is 4.98 Å². The van der Waals surface area contributed by atoms with E-state index < -0.39 is 11.8 Å². The average molecular weight is 358 g/mol. The lowest BCUT2D eigenvalue weighted by Crippen LogP contribution is -2.08. The van der Waals surface area contributed by atoms with Gasteiger partial charge in [-0.3, -0.25) is 0 Å². The molecule has 2 aromatic carbocycles. The fourth-order valence-electron chi connectivity index (χ4n) is 2.19. The number of ether oxygens (including phenoxy) is 3. The van der Waals surface area contributed by atoms with E-state index in [1.165, 1.54) is 19.2 Å². The predicted octanol–water partition coefficient (Wildman–Crippen LogP) is 3.25. The minimum absolute atomic E-state index is 0.0880. The highest BCUT2D eigenvalue weighted by atomic mass is 19.1. The summed E-state index contributed by atoms with van der Waals surface area (Å²) in [6.07, 6.45) is 0. The van der Waals surface area contributed by atoms with Crippen molar-refractivity contribution in [2.75, 3.05) is 14.2 Å². The standard InChI is InChI=1S/C18H15FN2O5/c1-23-12-5-3-4-11(8-12)17-20-16(26-21-17)10-25-18(22)14-7-6-13(24-2)9-15(14)19/h3-9H,10H2,1-2H3. The van der Waals surface area contributed by atoms with Crippen LogP contribution < -0.4 is 9.47 Å². The molecule has 0 radical (unpaired) electrons. The monoisotopic (exact) mass is 358 g/mol. The Bertz CT molecular complexity index is 925. The molecule has 0 atom stereocenters. The lowest BCUT2D eigenvalue weighted by atomic mass is 10.2. The molecule has 1 heterocycles. The summed E-state index contributed by atoms with van der Waals surface area (Å²) >= 11 is 0. The fraction of sp³-hybridized carbons (Fsp3) is 0.167. The van der Waals surface area contributed by atoms with Gasteiger partial charge in [0.25, 0.3) is 5.89 Å². The normalized spacial score (nSPS) is 10.4. The lowest BCUT2D eigenvalue weighted by Gasteiger charge is -2.05. The van der Waals surface area contributed by atoms with Crippen molar-refractivity contribution in [3.05, 3.63) is 59.7 Å². The Hall–Kier alpha value is -3.42. The van der Waals surface area contributed by atoms with E-state index in [2.05, 4.69) is 10.1 Å². The topological polar surface area (TPSA) is 83.7 Å². The Labute approximate surface area is 148 Å². The van der Waals surface area contributed by atoms with Crippen LogP contribution in [0.5, 0.6) is 11.5 Å². The van der Waals surface area contributed by atoms with Crippen LogP contribution in [0.15, 0.2) is 47.0 Å². The van der Waals surface area contributed by atoms with E-state index in [1.54, 1.807) is 31.4 Å². The highest BCUT2D eigenvalue weighted by Gasteiger charge is 2.16. The summed E-state index contributed by atoms with van der Waals surface area (Å²) in [5, 5.41) is 3.83. The molecule has 0 fully saturated rings. The van der Waals surface area contributed by atoms with Gasteiger partial charge in [-0.25, -0.2) is 9.18 Å². The van der Waals surface area contributed by atoms with Crippen LogP contribution in [0.2, 0.25) is 0 Å². The van der Waals surface area contributed by atoms with Crippen molar-refractivity contribution in [3.63, 3.8) is 0 Å². The highest BCUT2D eigenvalue weighted by molar-refractivity contribution is 5.89. The quantitative estimate of drug-likeness (QED) is 0.625. The Morgan fingerprint density at radius 2 is 1.88 bits per heavy atom. The van der Waals surface area contributed by atoms with E-state index in [0.717, 1.165) is 6.07 Å². The third-order valence-corrected chi connectivity index (χ3v) is 3.52. The molecule has 0 spiro atoms. The highest BCUT2D eigenvalue weighted by Crippen LogP contribution is 2.22. The van der Waals surface area contributed by atoms with Crippen LogP contribution in [0.1, 0.15) is 16.2 Å². The van der Waals surface area contributed by atoms with Gasteiger partial charge >= 0.3 is 5.97 Å². The second-order valence-electron chi connectivity index (χ2n) is 5.17. The van der Waals surface area contributed by atoms with Gasteiger partial charge in [0.15, 0.2) is 6.61 Å². The first-order valence-corrected chi connectivity index (χ1v) is 7.58. The van der Waals surface area contributed by atoms with Crippen LogP contribution >= 0.6 is 0 Å². The van der Waals surface area contributed by atoms with E-state index in [-0.39, 0.29) is 18.1 Å². The number of hydrogen-bond donors (Lipinski definition) is 0. The van der Waals surface area contributed by atoms with E-state index in [1.807, 2.05) is 0 Å². The summed E-state index contributed by atoms with van der Waals surface area (Å²) < 4.78 is 34.0.